The largest absolute Gasteiger partial charge is 0.481 e. The predicted octanol–water partition coefficient (Wildman–Crippen LogP) is 0.645. The van der Waals surface area contributed by atoms with Crippen molar-refractivity contribution in [1.29, 1.82) is 0 Å². The average molecular weight is 292 g/mol. The van der Waals surface area contributed by atoms with Crippen molar-refractivity contribution in [1.82, 2.24) is 9.62 Å². The van der Waals surface area contributed by atoms with Crippen LogP contribution in [0.15, 0.2) is 0 Å². The number of piperidine rings is 1. The third-order valence-corrected chi connectivity index (χ3v) is 4.75. The molecule has 0 bridgehead atoms. The number of carboxylic acid groups (broad SMARTS) is 1. The summed E-state index contributed by atoms with van der Waals surface area (Å²) in [7, 11) is -3.37. The van der Waals surface area contributed by atoms with Crippen LogP contribution >= 0.6 is 0 Å². The number of hydrogen-bond donors (Lipinski definition) is 2. The van der Waals surface area contributed by atoms with Gasteiger partial charge in [-0.05, 0) is 39.3 Å². The Hall–Kier alpha value is -0.660. The third kappa shape index (κ3) is 7.49. The minimum Gasteiger partial charge on any atom is -0.481 e. The summed E-state index contributed by atoms with van der Waals surface area (Å²) in [6, 6.07) is -0.132. The average Bonchev–Trinajstić information content (AvgIpc) is 2.28. The zero-order valence-corrected chi connectivity index (χ0v) is 12.3. The third-order valence-electron chi connectivity index (χ3n) is 3.17. The molecule has 1 saturated heterocycles. The Morgan fingerprint density at radius 1 is 1.32 bits per heavy atom. The Kier molecular flexibility index (Phi) is 6.74. The number of carboxylic acids is 1. The van der Waals surface area contributed by atoms with E-state index in [2.05, 4.69) is 9.62 Å². The first-order valence-electron chi connectivity index (χ1n) is 6.83. The molecule has 0 aromatic heterocycles. The maximum absolute atomic E-state index is 11.7. The summed E-state index contributed by atoms with van der Waals surface area (Å²) in [5, 5.41) is 8.49. The van der Waals surface area contributed by atoms with Crippen molar-refractivity contribution in [3.63, 3.8) is 0 Å². The molecule has 0 amide bonds. The summed E-state index contributed by atoms with van der Waals surface area (Å²) < 4.78 is 26.1. The first kappa shape index (κ1) is 16.4. The molecule has 112 valence electrons. The monoisotopic (exact) mass is 292 g/mol. The molecule has 1 aliphatic rings. The zero-order valence-electron chi connectivity index (χ0n) is 11.5. The number of likely N-dealkylation sites (tertiary alicyclic amines) is 1. The Morgan fingerprint density at radius 2 is 1.95 bits per heavy atom. The fourth-order valence-corrected chi connectivity index (χ4v) is 3.68. The van der Waals surface area contributed by atoms with Crippen molar-refractivity contribution in [2.75, 3.05) is 25.4 Å². The SMILES string of the molecule is CC(CN1CCCCC1)NS(=O)(=O)CCCC(=O)O. The molecule has 0 aromatic carbocycles. The van der Waals surface area contributed by atoms with Crippen LogP contribution in [0.25, 0.3) is 0 Å². The molecule has 1 unspecified atom stereocenters. The van der Waals surface area contributed by atoms with Gasteiger partial charge < -0.3 is 10.0 Å². The van der Waals surface area contributed by atoms with E-state index < -0.39 is 16.0 Å². The lowest BCUT2D eigenvalue weighted by molar-refractivity contribution is -0.137. The van der Waals surface area contributed by atoms with Gasteiger partial charge in [-0.15, -0.1) is 0 Å². The molecule has 19 heavy (non-hydrogen) atoms. The fraction of sp³-hybridized carbons (Fsp3) is 0.917. The highest BCUT2D eigenvalue weighted by molar-refractivity contribution is 7.89. The van der Waals surface area contributed by atoms with Crippen LogP contribution in [0.5, 0.6) is 0 Å². The molecule has 6 nitrogen and oxygen atoms in total. The molecule has 1 heterocycles. The molecule has 0 saturated carbocycles. The number of rotatable bonds is 8. The molecule has 0 aliphatic carbocycles. The highest BCUT2D eigenvalue weighted by Gasteiger charge is 2.18. The van der Waals surface area contributed by atoms with E-state index in [4.69, 9.17) is 5.11 Å². The van der Waals surface area contributed by atoms with E-state index in [1.54, 1.807) is 0 Å². The summed E-state index contributed by atoms with van der Waals surface area (Å²) >= 11 is 0. The molecule has 2 N–H and O–H groups in total. The van der Waals surface area contributed by atoms with Crippen LogP contribution in [0.4, 0.5) is 0 Å². The van der Waals surface area contributed by atoms with E-state index in [9.17, 15) is 13.2 Å². The lowest BCUT2D eigenvalue weighted by Crippen LogP contribution is -2.44. The molecule has 0 radical (unpaired) electrons. The predicted molar refractivity (Wildman–Crippen MR) is 73.5 cm³/mol. The second kappa shape index (κ2) is 7.81. The molecular formula is C12H24N2O4S. The summed E-state index contributed by atoms with van der Waals surface area (Å²) in [5.74, 6) is -1.08. The van der Waals surface area contributed by atoms with E-state index >= 15 is 0 Å². The van der Waals surface area contributed by atoms with Crippen molar-refractivity contribution in [3.05, 3.63) is 0 Å². The maximum Gasteiger partial charge on any atom is 0.303 e. The van der Waals surface area contributed by atoms with Crippen LogP contribution in [0.1, 0.15) is 39.0 Å². The van der Waals surface area contributed by atoms with Crippen molar-refractivity contribution in [2.45, 2.75) is 45.1 Å². The van der Waals surface area contributed by atoms with E-state index in [0.29, 0.717) is 0 Å². The number of nitrogens with zero attached hydrogens (tertiary/aromatic N) is 1. The van der Waals surface area contributed by atoms with Crippen molar-refractivity contribution < 1.29 is 18.3 Å². The molecule has 1 fully saturated rings. The van der Waals surface area contributed by atoms with E-state index in [-0.39, 0.29) is 24.6 Å². The van der Waals surface area contributed by atoms with Gasteiger partial charge in [0.15, 0.2) is 0 Å². The molecule has 1 atom stereocenters. The summed E-state index contributed by atoms with van der Waals surface area (Å²) in [5.41, 5.74) is 0. The number of hydrogen-bond acceptors (Lipinski definition) is 4. The molecule has 1 aliphatic heterocycles. The van der Waals surface area contributed by atoms with Crippen LogP contribution in [0, 0.1) is 0 Å². The Bertz CT molecular complexity index is 377. The summed E-state index contributed by atoms with van der Waals surface area (Å²) in [6.45, 7) is 4.64. The van der Waals surface area contributed by atoms with Gasteiger partial charge in [-0.2, -0.15) is 0 Å². The van der Waals surface area contributed by atoms with Crippen LogP contribution in [-0.2, 0) is 14.8 Å². The van der Waals surface area contributed by atoms with Gasteiger partial charge in [-0.25, -0.2) is 13.1 Å². The van der Waals surface area contributed by atoms with Crippen molar-refractivity contribution >= 4 is 16.0 Å². The second-order valence-electron chi connectivity index (χ2n) is 5.20. The molecule has 0 spiro atoms. The second-order valence-corrected chi connectivity index (χ2v) is 7.07. The zero-order chi connectivity index (χ0) is 14.3. The van der Waals surface area contributed by atoms with Gasteiger partial charge in [0.05, 0.1) is 5.75 Å². The van der Waals surface area contributed by atoms with Crippen LogP contribution in [0.3, 0.4) is 0 Å². The van der Waals surface area contributed by atoms with Gasteiger partial charge in [-0.3, -0.25) is 4.79 Å². The Balaban J connectivity index is 2.28. The number of nitrogens with one attached hydrogen (secondary N) is 1. The lowest BCUT2D eigenvalue weighted by Gasteiger charge is -2.29. The van der Waals surface area contributed by atoms with E-state index in [1.165, 1.54) is 19.3 Å². The standard InChI is InChI=1S/C12H24N2O4S/c1-11(10-14-7-3-2-4-8-14)13-19(17,18)9-5-6-12(15)16/h11,13H,2-10H2,1H3,(H,15,16). The van der Waals surface area contributed by atoms with Crippen molar-refractivity contribution in [2.24, 2.45) is 0 Å². The van der Waals surface area contributed by atoms with E-state index in [1.807, 2.05) is 6.92 Å². The molecule has 0 aromatic rings. The van der Waals surface area contributed by atoms with Gasteiger partial charge in [0.1, 0.15) is 0 Å². The van der Waals surface area contributed by atoms with Crippen LogP contribution < -0.4 is 4.72 Å². The fourth-order valence-electron chi connectivity index (χ4n) is 2.35. The molecule has 1 rings (SSSR count). The Labute approximate surface area is 115 Å². The normalized spacial score (nSPS) is 19.2. The number of sulfonamides is 1. The van der Waals surface area contributed by atoms with Gasteiger partial charge in [0.2, 0.25) is 10.0 Å². The minimum absolute atomic E-state index is 0.110. The van der Waals surface area contributed by atoms with Gasteiger partial charge in [-0.1, -0.05) is 6.42 Å². The maximum atomic E-state index is 11.7. The molecule has 7 heteroatoms. The number of carbonyl (C=O) groups is 1. The topological polar surface area (TPSA) is 86.7 Å². The van der Waals surface area contributed by atoms with Gasteiger partial charge >= 0.3 is 5.97 Å². The minimum atomic E-state index is -3.37. The van der Waals surface area contributed by atoms with Gasteiger partial charge in [0.25, 0.3) is 0 Å². The number of aliphatic carboxylic acids is 1. The molecular weight excluding hydrogens is 268 g/mol. The Morgan fingerprint density at radius 3 is 2.53 bits per heavy atom. The van der Waals surface area contributed by atoms with Gasteiger partial charge in [0, 0.05) is 19.0 Å². The lowest BCUT2D eigenvalue weighted by atomic mass is 10.1. The summed E-state index contributed by atoms with van der Waals surface area (Å²) in [6.07, 6.45) is 3.66. The first-order chi connectivity index (χ1) is 8.89. The highest BCUT2D eigenvalue weighted by Crippen LogP contribution is 2.09. The van der Waals surface area contributed by atoms with Crippen LogP contribution in [-0.4, -0.2) is 55.8 Å². The van der Waals surface area contributed by atoms with Crippen molar-refractivity contribution in [3.8, 4) is 0 Å². The smallest absolute Gasteiger partial charge is 0.303 e. The first-order valence-corrected chi connectivity index (χ1v) is 8.48. The van der Waals surface area contributed by atoms with Crippen LogP contribution in [0.2, 0.25) is 0 Å². The van der Waals surface area contributed by atoms with E-state index in [0.717, 1.165) is 19.6 Å². The highest BCUT2D eigenvalue weighted by atomic mass is 32.2. The quantitative estimate of drug-likeness (QED) is 0.686. The summed E-state index contributed by atoms with van der Waals surface area (Å²) in [4.78, 5) is 12.6.